The SMILES string of the molecule is C[C@H]1CCCC[NH+]1CC(=O)Nc1ccc2c(c1)OCO2. The van der Waals surface area contributed by atoms with Crippen LogP contribution < -0.4 is 19.7 Å². The van der Waals surface area contributed by atoms with E-state index < -0.39 is 0 Å². The molecular formula is C15H21N2O3+. The van der Waals surface area contributed by atoms with Gasteiger partial charge in [0.1, 0.15) is 0 Å². The van der Waals surface area contributed by atoms with Crippen LogP contribution in [0, 0.1) is 0 Å². The molecule has 3 rings (SSSR count). The quantitative estimate of drug-likeness (QED) is 0.860. The van der Waals surface area contributed by atoms with Crippen LogP contribution in [0.3, 0.4) is 0 Å². The number of ether oxygens (including phenoxy) is 2. The molecule has 108 valence electrons. The molecule has 1 unspecified atom stereocenters. The Morgan fingerprint density at radius 1 is 1.35 bits per heavy atom. The molecular weight excluding hydrogens is 256 g/mol. The normalized spacial score (nSPS) is 24.4. The third-order valence-corrected chi connectivity index (χ3v) is 4.13. The van der Waals surface area contributed by atoms with Gasteiger partial charge in [-0.3, -0.25) is 4.79 Å². The summed E-state index contributed by atoms with van der Waals surface area (Å²) in [6.07, 6.45) is 3.72. The predicted molar refractivity (Wildman–Crippen MR) is 75.2 cm³/mol. The molecule has 1 amide bonds. The Kier molecular flexibility index (Phi) is 3.78. The number of quaternary nitrogens is 1. The first-order chi connectivity index (χ1) is 9.72. The highest BCUT2D eigenvalue weighted by molar-refractivity contribution is 5.91. The Labute approximate surface area is 118 Å². The van der Waals surface area contributed by atoms with Gasteiger partial charge in [0.2, 0.25) is 6.79 Å². The molecule has 2 atom stereocenters. The number of amides is 1. The Morgan fingerprint density at radius 2 is 2.20 bits per heavy atom. The smallest absolute Gasteiger partial charge is 0.279 e. The summed E-state index contributed by atoms with van der Waals surface area (Å²) in [6, 6.07) is 6.07. The Morgan fingerprint density at radius 3 is 3.05 bits per heavy atom. The zero-order valence-corrected chi connectivity index (χ0v) is 11.8. The second kappa shape index (κ2) is 5.71. The number of likely N-dealkylation sites (tertiary alicyclic amines) is 1. The maximum Gasteiger partial charge on any atom is 0.279 e. The maximum absolute atomic E-state index is 12.1. The Balaban J connectivity index is 1.58. The van der Waals surface area contributed by atoms with Crippen molar-refractivity contribution in [2.24, 2.45) is 0 Å². The second-order valence-electron chi connectivity index (χ2n) is 5.60. The first kappa shape index (κ1) is 13.2. The van der Waals surface area contributed by atoms with E-state index in [0.29, 0.717) is 18.3 Å². The van der Waals surface area contributed by atoms with E-state index in [1.165, 1.54) is 24.2 Å². The number of hydrogen-bond donors (Lipinski definition) is 2. The monoisotopic (exact) mass is 277 g/mol. The fourth-order valence-corrected chi connectivity index (χ4v) is 2.90. The molecule has 0 saturated carbocycles. The van der Waals surface area contributed by atoms with Gasteiger partial charge in [-0.25, -0.2) is 0 Å². The van der Waals surface area contributed by atoms with E-state index >= 15 is 0 Å². The van der Waals surface area contributed by atoms with Crippen LogP contribution >= 0.6 is 0 Å². The number of fused-ring (bicyclic) bond motifs is 1. The van der Waals surface area contributed by atoms with Crippen molar-refractivity contribution in [3.05, 3.63) is 18.2 Å². The van der Waals surface area contributed by atoms with Crippen molar-refractivity contribution in [2.75, 3.05) is 25.2 Å². The first-order valence-corrected chi connectivity index (χ1v) is 7.26. The number of rotatable bonds is 3. The first-order valence-electron chi connectivity index (χ1n) is 7.26. The fourth-order valence-electron chi connectivity index (χ4n) is 2.90. The van der Waals surface area contributed by atoms with E-state index in [-0.39, 0.29) is 12.7 Å². The third-order valence-electron chi connectivity index (χ3n) is 4.13. The van der Waals surface area contributed by atoms with E-state index in [2.05, 4.69) is 12.2 Å². The van der Waals surface area contributed by atoms with Gasteiger partial charge in [0.15, 0.2) is 18.0 Å². The molecule has 5 heteroatoms. The summed E-state index contributed by atoms with van der Waals surface area (Å²) < 4.78 is 10.6. The summed E-state index contributed by atoms with van der Waals surface area (Å²) in [7, 11) is 0. The van der Waals surface area contributed by atoms with E-state index in [1.54, 1.807) is 0 Å². The van der Waals surface area contributed by atoms with Crippen molar-refractivity contribution in [1.82, 2.24) is 0 Å². The van der Waals surface area contributed by atoms with Gasteiger partial charge < -0.3 is 19.7 Å². The van der Waals surface area contributed by atoms with Gasteiger partial charge in [0.25, 0.3) is 5.91 Å². The molecule has 2 N–H and O–H groups in total. The maximum atomic E-state index is 12.1. The summed E-state index contributed by atoms with van der Waals surface area (Å²) in [6.45, 7) is 4.11. The van der Waals surface area contributed by atoms with Gasteiger partial charge >= 0.3 is 0 Å². The lowest BCUT2D eigenvalue weighted by atomic mass is 10.0. The summed E-state index contributed by atoms with van der Waals surface area (Å²) in [5, 5.41) is 2.94. The molecule has 1 saturated heterocycles. The standard InChI is InChI=1S/C15H20N2O3/c1-11-4-2-3-7-17(11)9-15(18)16-12-5-6-13-14(8-12)20-10-19-13/h5-6,8,11H,2-4,7,9-10H2,1H3,(H,16,18)/p+1/t11-/m0/s1. The van der Waals surface area contributed by atoms with Crippen LogP contribution in [0.25, 0.3) is 0 Å². The van der Waals surface area contributed by atoms with Gasteiger partial charge in [0.05, 0.1) is 12.6 Å². The number of nitrogens with one attached hydrogen (secondary N) is 2. The van der Waals surface area contributed by atoms with Crippen LogP contribution in [0.4, 0.5) is 5.69 Å². The lowest BCUT2D eigenvalue weighted by Gasteiger charge is -2.29. The number of hydrogen-bond acceptors (Lipinski definition) is 3. The highest BCUT2D eigenvalue weighted by Crippen LogP contribution is 2.34. The molecule has 0 aromatic heterocycles. The molecule has 1 fully saturated rings. The van der Waals surface area contributed by atoms with Crippen LogP contribution in [0.2, 0.25) is 0 Å². The topological polar surface area (TPSA) is 52.0 Å². The number of anilines is 1. The zero-order valence-electron chi connectivity index (χ0n) is 11.8. The van der Waals surface area contributed by atoms with Crippen molar-refractivity contribution >= 4 is 11.6 Å². The average Bonchev–Trinajstić information content (AvgIpc) is 2.89. The zero-order chi connectivity index (χ0) is 13.9. The molecule has 0 aliphatic carbocycles. The number of piperidine rings is 1. The lowest BCUT2D eigenvalue weighted by Crippen LogP contribution is -3.17. The number of benzene rings is 1. The minimum absolute atomic E-state index is 0.0626. The summed E-state index contributed by atoms with van der Waals surface area (Å²) >= 11 is 0. The summed E-state index contributed by atoms with van der Waals surface area (Å²) in [5.74, 6) is 1.49. The van der Waals surface area contributed by atoms with Crippen molar-refractivity contribution < 1.29 is 19.2 Å². The highest BCUT2D eigenvalue weighted by Gasteiger charge is 2.24. The van der Waals surface area contributed by atoms with Crippen LogP contribution in [0.15, 0.2) is 18.2 Å². The molecule has 0 spiro atoms. The highest BCUT2D eigenvalue weighted by atomic mass is 16.7. The van der Waals surface area contributed by atoms with E-state index in [4.69, 9.17) is 9.47 Å². The van der Waals surface area contributed by atoms with Gasteiger partial charge in [0, 0.05) is 11.8 Å². The second-order valence-corrected chi connectivity index (χ2v) is 5.60. The predicted octanol–water partition coefficient (Wildman–Crippen LogP) is 0.811. The number of carbonyl (C=O) groups excluding carboxylic acids is 1. The average molecular weight is 277 g/mol. The minimum Gasteiger partial charge on any atom is -0.454 e. The van der Waals surface area contributed by atoms with E-state index in [1.807, 2.05) is 18.2 Å². The summed E-state index contributed by atoms with van der Waals surface area (Å²) in [5.41, 5.74) is 0.767. The van der Waals surface area contributed by atoms with Crippen LogP contribution in [0.1, 0.15) is 26.2 Å². The van der Waals surface area contributed by atoms with Crippen molar-refractivity contribution in [3.8, 4) is 11.5 Å². The molecule has 0 bridgehead atoms. The largest absolute Gasteiger partial charge is 0.454 e. The minimum atomic E-state index is 0.0626. The number of carbonyl (C=O) groups is 1. The summed E-state index contributed by atoms with van der Waals surface area (Å²) in [4.78, 5) is 13.5. The van der Waals surface area contributed by atoms with Crippen LogP contribution in [-0.2, 0) is 4.79 Å². The van der Waals surface area contributed by atoms with E-state index in [9.17, 15) is 4.79 Å². The lowest BCUT2D eigenvalue weighted by molar-refractivity contribution is -0.920. The van der Waals surface area contributed by atoms with Gasteiger partial charge in [-0.05, 0) is 38.3 Å². The Bertz CT molecular complexity index is 504. The molecule has 20 heavy (non-hydrogen) atoms. The van der Waals surface area contributed by atoms with Gasteiger partial charge in [-0.1, -0.05) is 0 Å². The third kappa shape index (κ3) is 2.88. The van der Waals surface area contributed by atoms with E-state index in [0.717, 1.165) is 18.0 Å². The van der Waals surface area contributed by atoms with Crippen LogP contribution in [-0.4, -0.2) is 31.8 Å². The molecule has 2 aliphatic heterocycles. The van der Waals surface area contributed by atoms with Crippen LogP contribution in [0.5, 0.6) is 11.5 Å². The van der Waals surface area contributed by atoms with Crippen molar-refractivity contribution in [2.45, 2.75) is 32.2 Å². The molecule has 2 aliphatic rings. The van der Waals surface area contributed by atoms with Gasteiger partial charge in [-0.15, -0.1) is 0 Å². The fraction of sp³-hybridized carbons (Fsp3) is 0.533. The molecule has 1 aromatic rings. The Hall–Kier alpha value is -1.75. The van der Waals surface area contributed by atoms with Crippen molar-refractivity contribution in [3.63, 3.8) is 0 Å². The van der Waals surface area contributed by atoms with Crippen molar-refractivity contribution in [1.29, 1.82) is 0 Å². The molecule has 5 nitrogen and oxygen atoms in total. The molecule has 1 aromatic carbocycles. The molecule has 2 heterocycles. The van der Waals surface area contributed by atoms with Gasteiger partial charge in [-0.2, -0.15) is 0 Å². The molecule has 0 radical (unpaired) electrons.